The summed E-state index contributed by atoms with van der Waals surface area (Å²) in [7, 11) is 0. The summed E-state index contributed by atoms with van der Waals surface area (Å²) in [6, 6.07) is 23.3. The molecule has 0 bridgehead atoms. The maximum Gasteiger partial charge on any atom is 0.338 e. The average molecular weight is 384 g/mol. The molecule has 0 fully saturated rings. The molecule has 0 unspecified atom stereocenters. The summed E-state index contributed by atoms with van der Waals surface area (Å²) in [6.45, 7) is -0.524. The van der Waals surface area contributed by atoms with E-state index >= 15 is 0 Å². The van der Waals surface area contributed by atoms with E-state index in [1.807, 2.05) is 12.1 Å². The highest BCUT2D eigenvalue weighted by Crippen LogP contribution is 2.19. The van der Waals surface area contributed by atoms with Crippen LogP contribution in [0, 0.1) is 11.3 Å². The Morgan fingerprint density at radius 3 is 2.31 bits per heavy atom. The van der Waals surface area contributed by atoms with Crippen molar-refractivity contribution in [3.05, 3.63) is 101 Å². The summed E-state index contributed by atoms with van der Waals surface area (Å²) >= 11 is 0. The predicted octanol–water partition coefficient (Wildman–Crippen LogP) is 3.58. The Labute approximate surface area is 167 Å². The van der Waals surface area contributed by atoms with Crippen LogP contribution in [0.5, 0.6) is 0 Å². The van der Waals surface area contributed by atoms with Gasteiger partial charge in [0.2, 0.25) is 0 Å². The molecule has 0 aliphatic rings. The molecule has 0 saturated heterocycles. The molecule has 0 heterocycles. The van der Waals surface area contributed by atoms with Crippen LogP contribution in [0.25, 0.3) is 0 Å². The Kier molecular flexibility index (Phi) is 6.13. The maximum absolute atomic E-state index is 12.7. The Morgan fingerprint density at radius 1 is 0.862 bits per heavy atom. The molecular formula is C23H16N2O4. The van der Waals surface area contributed by atoms with E-state index in [9.17, 15) is 14.4 Å². The van der Waals surface area contributed by atoms with Crippen molar-refractivity contribution in [2.45, 2.75) is 0 Å². The number of benzene rings is 3. The third-order valence-electron chi connectivity index (χ3n) is 4.04. The smallest absolute Gasteiger partial charge is 0.338 e. The number of nitrogens with one attached hydrogen (secondary N) is 1. The first kappa shape index (κ1) is 19.5. The number of ketones is 1. The highest BCUT2D eigenvalue weighted by Gasteiger charge is 2.16. The Balaban J connectivity index is 1.66. The van der Waals surface area contributed by atoms with E-state index in [1.165, 1.54) is 12.1 Å². The fourth-order valence-electron chi connectivity index (χ4n) is 2.65. The van der Waals surface area contributed by atoms with Crippen LogP contribution in [0.1, 0.15) is 31.8 Å². The largest absolute Gasteiger partial charge is 0.452 e. The van der Waals surface area contributed by atoms with Crippen molar-refractivity contribution >= 4 is 23.3 Å². The number of esters is 1. The Hall–Kier alpha value is -4.24. The van der Waals surface area contributed by atoms with Crippen LogP contribution >= 0.6 is 0 Å². The zero-order valence-electron chi connectivity index (χ0n) is 15.3. The SMILES string of the molecule is N#Cc1cccc(C(=O)OCC(=O)Nc2ccccc2C(=O)c2ccccc2)c1. The third kappa shape index (κ3) is 4.93. The van der Waals surface area contributed by atoms with E-state index in [0.717, 1.165) is 0 Å². The molecule has 6 nitrogen and oxygen atoms in total. The fraction of sp³-hybridized carbons (Fsp3) is 0.0435. The van der Waals surface area contributed by atoms with Gasteiger partial charge < -0.3 is 10.1 Å². The molecule has 3 aromatic carbocycles. The fourth-order valence-corrected chi connectivity index (χ4v) is 2.65. The molecule has 0 aromatic heterocycles. The number of para-hydroxylation sites is 1. The lowest BCUT2D eigenvalue weighted by atomic mass is 10.0. The molecule has 1 N–H and O–H groups in total. The summed E-state index contributed by atoms with van der Waals surface area (Å²) in [4.78, 5) is 37.0. The number of hydrogen-bond acceptors (Lipinski definition) is 5. The van der Waals surface area contributed by atoms with Crippen molar-refractivity contribution in [3.8, 4) is 6.07 Å². The molecule has 0 aliphatic carbocycles. The molecule has 0 aliphatic heterocycles. The number of nitriles is 1. The average Bonchev–Trinajstić information content (AvgIpc) is 2.78. The molecule has 3 rings (SSSR count). The van der Waals surface area contributed by atoms with E-state index in [4.69, 9.17) is 10.00 Å². The van der Waals surface area contributed by atoms with Crippen molar-refractivity contribution in [2.24, 2.45) is 0 Å². The summed E-state index contributed by atoms with van der Waals surface area (Å²) in [5, 5.41) is 11.5. The number of rotatable bonds is 6. The second-order valence-electron chi connectivity index (χ2n) is 6.06. The van der Waals surface area contributed by atoms with Crippen molar-refractivity contribution in [1.29, 1.82) is 5.26 Å². The lowest BCUT2D eigenvalue weighted by molar-refractivity contribution is -0.119. The minimum Gasteiger partial charge on any atom is -0.452 e. The van der Waals surface area contributed by atoms with Gasteiger partial charge in [-0.05, 0) is 30.3 Å². The number of carbonyl (C=O) groups is 3. The number of anilines is 1. The zero-order chi connectivity index (χ0) is 20.6. The van der Waals surface area contributed by atoms with Crippen LogP contribution in [0.2, 0.25) is 0 Å². The van der Waals surface area contributed by atoms with Crippen LogP contribution in [0.3, 0.4) is 0 Å². The number of hydrogen-bond donors (Lipinski definition) is 1. The first-order valence-electron chi connectivity index (χ1n) is 8.74. The van der Waals surface area contributed by atoms with Gasteiger partial charge in [0.25, 0.3) is 5.91 Å². The van der Waals surface area contributed by atoms with Crippen LogP contribution in [0.4, 0.5) is 5.69 Å². The Morgan fingerprint density at radius 2 is 1.55 bits per heavy atom. The second kappa shape index (κ2) is 9.11. The molecular weight excluding hydrogens is 368 g/mol. The van der Waals surface area contributed by atoms with Crippen molar-refractivity contribution in [1.82, 2.24) is 0 Å². The normalized spacial score (nSPS) is 9.90. The van der Waals surface area contributed by atoms with Gasteiger partial charge in [-0.2, -0.15) is 5.26 Å². The van der Waals surface area contributed by atoms with Crippen LogP contribution in [-0.4, -0.2) is 24.3 Å². The van der Waals surface area contributed by atoms with E-state index in [1.54, 1.807) is 60.7 Å². The van der Waals surface area contributed by atoms with E-state index in [2.05, 4.69) is 5.32 Å². The first-order valence-corrected chi connectivity index (χ1v) is 8.74. The van der Waals surface area contributed by atoms with E-state index in [-0.39, 0.29) is 11.3 Å². The van der Waals surface area contributed by atoms with Gasteiger partial charge in [0.05, 0.1) is 22.9 Å². The quantitative estimate of drug-likeness (QED) is 0.518. The third-order valence-corrected chi connectivity index (χ3v) is 4.04. The van der Waals surface area contributed by atoms with Gasteiger partial charge in [0, 0.05) is 11.1 Å². The molecule has 1 amide bonds. The van der Waals surface area contributed by atoms with Gasteiger partial charge in [0.1, 0.15) is 0 Å². The highest BCUT2D eigenvalue weighted by molar-refractivity contribution is 6.13. The standard InChI is InChI=1S/C23H16N2O4/c24-14-16-7-6-10-18(13-16)23(28)29-15-21(26)25-20-12-5-4-11-19(20)22(27)17-8-2-1-3-9-17/h1-13H,15H2,(H,25,26). The molecule has 0 atom stereocenters. The first-order chi connectivity index (χ1) is 14.1. The molecule has 6 heteroatoms. The lowest BCUT2D eigenvalue weighted by Gasteiger charge is -2.11. The van der Waals surface area contributed by atoms with E-state index < -0.39 is 18.5 Å². The van der Waals surface area contributed by atoms with Crippen molar-refractivity contribution < 1.29 is 19.1 Å². The molecule has 0 saturated carbocycles. The second-order valence-corrected chi connectivity index (χ2v) is 6.06. The van der Waals surface area contributed by atoms with Gasteiger partial charge >= 0.3 is 5.97 Å². The molecule has 0 radical (unpaired) electrons. The topological polar surface area (TPSA) is 96.3 Å². The zero-order valence-corrected chi connectivity index (χ0v) is 15.3. The van der Waals surface area contributed by atoms with Crippen LogP contribution in [0.15, 0.2) is 78.9 Å². The number of amides is 1. The van der Waals surface area contributed by atoms with Gasteiger partial charge in [-0.25, -0.2) is 4.79 Å². The summed E-state index contributed by atoms with van der Waals surface area (Å²) in [5.41, 5.74) is 1.65. The molecule has 0 spiro atoms. The maximum atomic E-state index is 12.7. The number of carbonyl (C=O) groups excluding carboxylic acids is 3. The van der Waals surface area contributed by atoms with E-state index in [0.29, 0.717) is 22.4 Å². The van der Waals surface area contributed by atoms with Gasteiger partial charge in [-0.3, -0.25) is 9.59 Å². The summed E-state index contributed by atoms with van der Waals surface area (Å²) < 4.78 is 5.00. The van der Waals surface area contributed by atoms with Gasteiger partial charge in [-0.15, -0.1) is 0 Å². The van der Waals surface area contributed by atoms with Crippen molar-refractivity contribution in [3.63, 3.8) is 0 Å². The lowest BCUT2D eigenvalue weighted by Crippen LogP contribution is -2.22. The number of ether oxygens (including phenoxy) is 1. The predicted molar refractivity (Wildman–Crippen MR) is 106 cm³/mol. The minimum atomic E-state index is -0.717. The summed E-state index contributed by atoms with van der Waals surface area (Å²) in [5.74, 6) is -1.53. The number of nitrogens with zero attached hydrogens (tertiary/aromatic N) is 1. The van der Waals surface area contributed by atoms with Crippen molar-refractivity contribution in [2.75, 3.05) is 11.9 Å². The minimum absolute atomic E-state index is 0.177. The Bertz CT molecular complexity index is 1100. The monoisotopic (exact) mass is 384 g/mol. The molecule has 29 heavy (non-hydrogen) atoms. The molecule has 3 aromatic rings. The van der Waals surface area contributed by atoms with Crippen LogP contribution < -0.4 is 5.32 Å². The highest BCUT2D eigenvalue weighted by atomic mass is 16.5. The van der Waals surface area contributed by atoms with Gasteiger partial charge in [0.15, 0.2) is 12.4 Å². The van der Waals surface area contributed by atoms with Crippen LogP contribution in [-0.2, 0) is 9.53 Å². The molecule has 142 valence electrons. The van der Waals surface area contributed by atoms with Gasteiger partial charge in [-0.1, -0.05) is 48.5 Å². The summed E-state index contributed by atoms with van der Waals surface area (Å²) in [6.07, 6.45) is 0.